The average molecular weight is 304 g/mol. The second-order valence-corrected chi connectivity index (χ2v) is 6.21. The fourth-order valence-electron chi connectivity index (χ4n) is 1.73. The summed E-state index contributed by atoms with van der Waals surface area (Å²) in [6.45, 7) is 5.90. The van der Waals surface area contributed by atoms with Crippen LogP contribution in [0.1, 0.15) is 31.0 Å². The summed E-state index contributed by atoms with van der Waals surface area (Å²) in [6, 6.07) is 0. The van der Waals surface area contributed by atoms with Gasteiger partial charge in [-0.1, -0.05) is 6.92 Å². The first-order valence-electron chi connectivity index (χ1n) is 6.78. The van der Waals surface area contributed by atoms with Gasteiger partial charge in [-0.25, -0.2) is 13.1 Å². The van der Waals surface area contributed by atoms with E-state index in [1.807, 2.05) is 6.92 Å². The molecule has 0 atom stereocenters. The molecule has 0 aliphatic carbocycles. The molecule has 1 aromatic heterocycles. The van der Waals surface area contributed by atoms with Gasteiger partial charge in [0, 0.05) is 37.6 Å². The molecule has 7 nitrogen and oxygen atoms in total. The van der Waals surface area contributed by atoms with Gasteiger partial charge in [0.05, 0.1) is 0 Å². The van der Waals surface area contributed by atoms with E-state index in [2.05, 4.69) is 20.2 Å². The smallest absolute Gasteiger partial charge is 0.260 e. The Balaban J connectivity index is 2.56. The largest absolute Gasteiger partial charge is 0.381 e. The third-order valence-corrected chi connectivity index (χ3v) is 4.18. The molecule has 20 heavy (non-hydrogen) atoms. The molecule has 0 aliphatic rings. The molecule has 1 heterocycles. The van der Waals surface area contributed by atoms with Gasteiger partial charge < -0.3 is 10.1 Å². The van der Waals surface area contributed by atoms with Crippen molar-refractivity contribution in [1.82, 2.24) is 20.2 Å². The number of ether oxygens (including phenoxy) is 1. The highest BCUT2D eigenvalue weighted by Gasteiger charge is 2.22. The van der Waals surface area contributed by atoms with Gasteiger partial charge in [-0.05, 0) is 26.8 Å². The number of rotatable bonds is 10. The molecule has 8 heteroatoms. The van der Waals surface area contributed by atoms with Crippen molar-refractivity contribution in [3.63, 3.8) is 0 Å². The van der Waals surface area contributed by atoms with E-state index in [-0.39, 0.29) is 5.03 Å². The van der Waals surface area contributed by atoms with Crippen LogP contribution in [-0.4, -0.2) is 45.4 Å². The van der Waals surface area contributed by atoms with Crippen molar-refractivity contribution in [2.45, 2.75) is 38.3 Å². The number of H-pyrrole nitrogens is 1. The van der Waals surface area contributed by atoms with Crippen molar-refractivity contribution >= 4 is 10.0 Å². The van der Waals surface area contributed by atoms with Gasteiger partial charge in [-0.3, -0.25) is 5.10 Å². The maximum Gasteiger partial charge on any atom is 0.260 e. The molecular formula is C12H24N4O3S. The fraction of sp³-hybridized carbons (Fsp3) is 0.750. The van der Waals surface area contributed by atoms with Crippen molar-refractivity contribution in [3.8, 4) is 0 Å². The van der Waals surface area contributed by atoms with Gasteiger partial charge in [0.1, 0.15) is 0 Å². The SMILES string of the molecule is CCCOCCCNS(=O)(=O)c1n[nH]c(C)c1CNC. The van der Waals surface area contributed by atoms with Crippen LogP contribution in [0.5, 0.6) is 0 Å². The van der Waals surface area contributed by atoms with Gasteiger partial charge >= 0.3 is 0 Å². The Kier molecular flexibility index (Phi) is 7.14. The summed E-state index contributed by atoms with van der Waals surface area (Å²) in [6.07, 6.45) is 1.61. The first-order valence-corrected chi connectivity index (χ1v) is 8.27. The molecule has 0 bridgehead atoms. The van der Waals surface area contributed by atoms with Crippen LogP contribution < -0.4 is 10.0 Å². The summed E-state index contributed by atoms with van der Waals surface area (Å²) in [5.41, 5.74) is 1.42. The van der Waals surface area contributed by atoms with Crippen LogP contribution in [0.15, 0.2) is 5.03 Å². The second-order valence-electron chi connectivity index (χ2n) is 4.53. The molecule has 0 aromatic carbocycles. The van der Waals surface area contributed by atoms with E-state index < -0.39 is 10.0 Å². The molecule has 116 valence electrons. The van der Waals surface area contributed by atoms with Crippen molar-refractivity contribution < 1.29 is 13.2 Å². The van der Waals surface area contributed by atoms with Crippen molar-refractivity contribution in [1.29, 1.82) is 0 Å². The lowest BCUT2D eigenvalue weighted by Crippen LogP contribution is -2.27. The second kappa shape index (κ2) is 8.35. The summed E-state index contributed by atoms with van der Waals surface area (Å²) in [5.74, 6) is 0. The minimum absolute atomic E-state index is 0.0684. The van der Waals surface area contributed by atoms with Crippen LogP contribution in [-0.2, 0) is 21.3 Å². The van der Waals surface area contributed by atoms with Gasteiger partial charge in [-0.2, -0.15) is 5.10 Å². The summed E-state index contributed by atoms with van der Waals surface area (Å²) in [4.78, 5) is 0. The maximum absolute atomic E-state index is 12.2. The van der Waals surface area contributed by atoms with Crippen molar-refractivity contribution in [3.05, 3.63) is 11.3 Å². The zero-order chi connectivity index (χ0) is 15.0. The van der Waals surface area contributed by atoms with E-state index in [1.54, 1.807) is 14.0 Å². The van der Waals surface area contributed by atoms with E-state index in [9.17, 15) is 8.42 Å². The summed E-state index contributed by atoms with van der Waals surface area (Å²) in [7, 11) is -1.81. The molecule has 0 unspecified atom stereocenters. The molecule has 0 spiro atoms. The highest BCUT2D eigenvalue weighted by Crippen LogP contribution is 2.15. The highest BCUT2D eigenvalue weighted by atomic mass is 32.2. The van der Waals surface area contributed by atoms with E-state index in [0.29, 0.717) is 38.3 Å². The highest BCUT2D eigenvalue weighted by molar-refractivity contribution is 7.89. The summed E-state index contributed by atoms with van der Waals surface area (Å²) >= 11 is 0. The lowest BCUT2D eigenvalue weighted by Gasteiger charge is -2.07. The number of nitrogens with zero attached hydrogens (tertiary/aromatic N) is 1. The molecule has 3 N–H and O–H groups in total. The molecule has 0 radical (unpaired) electrons. The fourth-order valence-corrected chi connectivity index (χ4v) is 3.00. The Morgan fingerprint density at radius 2 is 2.10 bits per heavy atom. The predicted molar refractivity (Wildman–Crippen MR) is 77.0 cm³/mol. The molecular weight excluding hydrogens is 280 g/mol. The van der Waals surface area contributed by atoms with Crippen LogP contribution in [0, 0.1) is 6.92 Å². The Morgan fingerprint density at radius 1 is 1.35 bits per heavy atom. The van der Waals surface area contributed by atoms with Crippen LogP contribution in [0.25, 0.3) is 0 Å². The number of aromatic amines is 1. The van der Waals surface area contributed by atoms with Gasteiger partial charge in [0.15, 0.2) is 5.03 Å². The first kappa shape index (κ1) is 17.1. The van der Waals surface area contributed by atoms with E-state index in [0.717, 1.165) is 12.1 Å². The molecule has 0 saturated carbocycles. The van der Waals surface area contributed by atoms with Crippen molar-refractivity contribution in [2.24, 2.45) is 0 Å². The Morgan fingerprint density at radius 3 is 2.75 bits per heavy atom. The minimum Gasteiger partial charge on any atom is -0.381 e. The Labute approximate surface area is 120 Å². The Hall–Kier alpha value is -0.960. The van der Waals surface area contributed by atoms with Crippen molar-refractivity contribution in [2.75, 3.05) is 26.8 Å². The number of aromatic nitrogens is 2. The van der Waals surface area contributed by atoms with E-state index in [4.69, 9.17) is 4.74 Å². The van der Waals surface area contributed by atoms with Crippen LogP contribution >= 0.6 is 0 Å². The van der Waals surface area contributed by atoms with Crippen LogP contribution in [0.2, 0.25) is 0 Å². The standard InChI is InChI=1S/C12H24N4O3S/c1-4-7-19-8-5-6-14-20(17,18)12-11(9-13-3)10(2)15-16-12/h13-14H,4-9H2,1-3H3,(H,15,16). The quantitative estimate of drug-likeness (QED) is 0.548. The summed E-state index contributed by atoms with van der Waals surface area (Å²) in [5, 5.41) is 9.61. The third-order valence-electron chi connectivity index (χ3n) is 2.75. The summed E-state index contributed by atoms with van der Waals surface area (Å²) < 4.78 is 32.2. The number of sulfonamides is 1. The topological polar surface area (TPSA) is 96.1 Å². The number of hydrogen-bond acceptors (Lipinski definition) is 5. The predicted octanol–water partition coefficient (Wildman–Crippen LogP) is 0.533. The molecule has 1 rings (SSSR count). The van der Waals surface area contributed by atoms with E-state index in [1.165, 1.54) is 0 Å². The molecule has 0 aliphatic heterocycles. The third kappa shape index (κ3) is 4.86. The normalized spacial score (nSPS) is 11.9. The van der Waals surface area contributed by atoms with Crippen LogP contribution in [0.3, 0.4) is 0 Å². The van der Waals surface area contributed by atoms with Gasteiger partial charge in [-0.15, -0.1) is 0 Å². The lowest BCUT2D eigenvalue weighted by atomic mass is 10.3. The number of aryl methyl sites for hydroxylation is 1. The molecule has 0 amide bonds. The molecule has 0 saturated heterocycles. The zero-order valence-electron chi connectivity index (χ0n) is 12.3. The van der Waals surface area contributed by atoms with Gasteiger partial charge in [0.25, 0.3) is 10.0 Å². The maximum atomic E-state index is 12.2. The number of nitrogens with one attached hydrogen (secondary N) is 3. The Bertz CT molecular complexity index is 499. The number of hydrogen-bond donors (Lipinski definition) is 3. The molecule has 1 aromatic rings. The monoisotopic (exact) mass is 304 g/mol. The molecule has 0 fully saturated rings. The van der Waals surface area contributed by atoms with E-state index >= 15 is 0 Å². The van der Waals surface area contributed by atoms with Gasteiger partial charge in [0.2, 0.25) is 0 Å². The zero-order valence-corrected chi connectivity index (χ0v) is 13.1. The van der Waals surface area contributed by atoms with Crippen LogP contribution in [0.4, 0.5) is 0 Å². The first-order chi connectivity index (χ1) is 9.53. The lowest BCUT2D eigenvalue weighted by molar-refractivity contribution is 0.133. The average Bonchev–Trinajstić information content (AvgIpc) is 2.77. The minimum atomic E-state index is -3.57.